The van der Waals surface area contributed by atoms with Crippen molar-refractivity contribution in [1.82, 2.24) is 15.1 Å². The second-order valence-electron chi connectivity index (χ2n) is 6.62. The molecular formula is C17H20F3N5O. The van der Waals surface area contributed by atoms with E-state index < -0.39 is 17.5 Å². The lowest BCUT2D eigenvalue weighted by Gasteiger charge is -2.15. The highest BCUT2D eigenvalue weighted by Crippen LogP contribution is 2.36. The van der Waals surface area contributed by atoms with Crippen molar-refractivity contribution in [3.8, 4) is 12.3 Å². The molecule has 2 aliphatic rings. The molecule has 2 heterocycles. The van der Waals surface area contributed by atoms with Gasteiger partial charge in [-0.1, -0.05) is 0 Å². The molecule has 0 saturated carbocycles. The summed E-state index contributed by atoms with van der Waals surface area (Å²) in [5, 5.41) is 14.3. The van der Waals surface area contributed by atoms with Crippen LogP contribution in [0.25, 0.3) is 0 Å². The summed E-state index contributed by atoms with van der Waals surface area (Å²) in [7, 11) is 0. The Kier molecular flexibility index (Phi) is 5.03. The Morgan fingerprint density at radius 1 is 1.27 bits per heavy atom. The summed E-state index contributed by atoms with van der Waals surface area (Å²) in [6, 6.07) is 0. The highest BCUT2D eigenvalue weighted by atomic mass is 19.4. The van der Waals surface area contributed by atoms with Crippen LogP contribution in [0, 0.1) is 12.3 Å². The first-order valence-corrected chi connectivity index (χ1v) is 8.65. The fourth-order valence-corrected chi connectivity index (χ4v) is 3.29. The number of halogens is 3. The lowest BCUT2D eigenvalue weighted by Crippen LogP contribution is -2.32. The molecule has 1 aromatic rings. The molecular weight excluding hydrogens is 347 g/mol. The van der Waals surface area contributed by atoms with Gasteiger partial charge in [0.05, 0.1) is 0 Å². The van der Waals surface area contributed by atoms with E-state index >= 15 is 0 Å². The summed E-state index contributed by atoms with van der Waals surface area (Å²) in [4.78, 5) is 12.1. The number of carbonyl (C=O) groups excluding carboxylic acids is 1. The van der Waals surface area contributed by atoms with Crippen molar-refractivity contribution in [3.63, 3.8) is 0 Å². The van der Waals surface area contributed by atoms with Crippen molar-refractivity contribution >= 4 is 5.91 Å². The van der Waals surface area contributed by atoms with Gasteiger partial charge in [0, 0.05) is 37.1 Å². The van der Waals surface area contributed by atoms with E-state index in [-0.39, 0.29) is 18.0 Å². The number of carbonyl (C=O) groups is 1. The van der Waals surface area contributed by atoms with E-state index in [1.54, 1.807) is 0 Å². The van der Waals surface area contributed by atoms with E-state index in [2.05, 4.69) is 26.6 Å². The minimum absolute atomic E-state index is 0.218. The van der Waals surface area contributed by atoms with Gasteiger partial charge in [-0.3, -0.25) is 9.48 Å². The van der Waals surface area contributed by atoms with E-state index in [0.717, 1.165) is 6.42 Å². The number of rotatable bonds is 7. The molecule has 9 heteroatoms. The summed E-state index contributed by atoms with van der Waals surface area (Å²) in [6.07, 6.45) is 4.83. The average molecular weight is 367 g/mol. The molecule has 1 aliphatic carbocycles. The molecule has 1 aromatic heterocycles. The number of alkyl halides is 3. The molecule has 0 fully saturated rings. The molecule has 0 bridgehead atoms. The number of aromatic nitrogens is 2. The minimum Gasteiger partial charge on any atom is -0.354 e. The molecule has 0 atom stereocenters. The number of hydrogen-bond donors (Lipinski definition) is 1. The van der Waals surface area contributed by atoms with Crippen molar-refractivity contribution in [2.75, 3.05) is 6.54 Å². The summed E-state index contributed by atoms with van der Waals surface area (Å²) >= 11 is 0. The van der Waals surface area contributed by atoms with Crippen molar-refractivity contribution in [2.45, 2.75) is 63.3 Å². The maximum Gasteiger partial charge on any atom is 0.435 e. The zero-order valence-corrected chi connectivity index (χ0v) is 14.3. The van der Waals surface area contributed by atoms with Crippen LogP contribution in [-0.2, 0) is 30.4 Å². The van der Waals surface area contributed by atoms with Crippen LogP contribution in [0.5, 0.6) is 0 Å². The third-order valence-electron chi connectivity index (χ3n) is 4.72. The quantitative estimate of drug-likeness (QED) is 0.753. The van der Waals surface area contributed by atoms with Gasteiger partial charge in [-0.15, -0.1) is 12.3 Å². The molecule has 1 amide bonds. The van der Waals surface area contributed by atoms with Gasteiger partial charge in [0.1, 0.15) is 6.54 Å². The Labute approximate surface area is 149 Å². The smallest absolute Gasteiger partial charge is 0.354 e. The predicted molar refractivity (Wildman–Crippen MR) is 87.2 cm³/mol. The normalized spacial score (nSPS) is 17.5. The van der Waals surface area contributed by atoms with E-state index in [9.17, 15) is 18.0 Å². The molecule has 0 unspecified atom stereocenters. The van der Waals surface area contributed by atoms with Gasteiger partial charge in [0.15, 0.2) is 11.4 Å². The topological polar surface area (TPSA) is 71.6 Å². The fraction of sp³-hybridized carbons (Fsp3) is 0.647. The van der Waals surface area contributed by atoms with Crippen molar-refractivity contribution in [1.29, 1.82) is 0 Å². The maximum absolute atomic E-state index is 13.2. The Bertz CT molecular complexity index is 754. The van der Waals surface area contributed by atoms with Gasteiger partial charge in [-0.25, -0.2) is 0 Å². The first kappa shape index (κ1) is 18.4. The molecule has 26 heavy (non-hydrogen) atoms. The fourth-order valence-electron chi connectivity index (χ4n) is 3.29. The minimum atomic E-state index is -4.50. The number of amides is 1. The first-order chi connectivity index (χ1) is 12.3. The van der Waals surface area contributed by atoms with Crippen LogP contribution in [0.3, 0.4) is 0 Å². The molecule has 1 aliphatic heterocycles. The maximum atomic E-state index is 13.2. The standard InChI is InChI=1S/C17H20F3N5O/c1-2-3-8-16(23-24-16)9-10-21-14(26)11-25-13-7-5-4-6-12(13)15(22-25)17(18,19)20/h1H,3-11H2,(H,21,26). The Morgan fingerprint density at radius 2 is 2.00 bits per heavy atom. The largest absolute Gasteiger partial charge is 0.435 e. The van der Waals surface area contributed by atoms with Gasteiger partial charge < -0.3 is 5.32 Å². The summed E-state index contributed by atoms with van der Waals surface area (Å²) < 4.78 is 40.7. The summed E-state index contributed by atoms with van der Waals surface area (Å²) in [6.45, 7) is 0.121. The van der Waals surface area contributed by atoms with E-state index in [1.807, 2.05) is 0 Å². The highest BCUT2D eigenvalue weighted by molar-refractivity contribution is 5.75. The zero-order chi connectivity index (χ0) is 18.8. The second-order valence-corrected chi connectivity index (χ2v) is 6.62. The van der Waals surface area contributed by atoms with Gasteiger partial charge in [0.2, 0.25) is 5.91 Å². The third kappa shape index (κ3) is 4.06. The molecule has 0 aromatic carbocycles. The van der Waals surface area contributed by atoms with E-state index in [0.29, 0.717) is 50.8 Å². The van der Waals surface area contributed by atoms with Crippen molar-refractivity contribution in [2.24, 2.45) is 10.2 Å². The lowest BCUT2D eigenvalue weighted by atomic mass is 9.95. The SMILES string of the molecule is C#CCCC1(CCNC(=O)Cn2nc(C(F)(F)F)c3c2CCCC3)N=N1. The van der Waals surface area contributed by atoms with Gasteiger partial charge in [-0.05, 0) is 25.7 Å². The number of fused-ring (bicyclic) bond motifs is 1. The molecule has 0 radical (unpaired) electrons. The van der Waals surface area contributed by atoms with Gasteiger partial charge in [0.25, 0.3) is 0 Å². The monoisotopic (exact) mass is 367 g/mol. The van der Waals surface area contributed by atoms with Crippen LogP contribution < -0.4 is 5.32 Å². The van der Waals surface area contributed by atoms with Gasteiger partial charge >= 0.3 is 6.18 Å². The molecule has 6 nitrogen and oxygen atoms in total. The molecule has 1 N–H and O–H groups in total. The molecule has 0 spiro atoms. The van der Waals surface area contributed by atoms with Crippen LogP contribution in [-0.4, -0.2) is 27.9 Å². The van der Waals surface area contributed by atoms with E-state index in [4.69, 9.17) is 6.42 Å². The number of terminal acetylenes is 1. The van der Waals surface area contributed by atoms with Crippen LogP contribution >= 0.6 is 0 Å². The zero-order valence-electron chi connectivity index (χ0n) is 14.3. The van der Waals surface area contributed by atoms with Crippen LogP contribution in [0.4, 0.5) is 13.2 Å². The van der Waals surface area contributed by atoms with Crippen LogP contribution in [0.2, 0.25) is 0 Å². The average Bonchev–Trinajstić information content (AvgIpc) is 3.26. The first-order valence-electron chi connectivity index (χ1n) is 8.65. The summed E-state index contributed by atoms with van der Waals surface area (Å²) in [5.41, 5.74) is -0.589. The van der Waals surface area contributed by atoms with Crippen molar-refractivity contribution < 1.29 is 18.0 Å². The number of hydrogen-bond acceptors (Lipinski definition) is 4. The Balaban J connectivity index is 1.58. The molecule has 3 rings (SSSR count). The van der Waals surface area contributed by atoms with E-state index in [1.165, 1.54) is 4.68 Å². The third-order valence-corrected chi connectivity index (χ3v) is 4.72. The Hall–Kier alpha value is -2.37. The predicted octanol–water partition coefficient (Wildman–Crippen LogP) is 2.86. The van der Waals surface area contributed by atoms with Gasteiger partial charge in [-0.2, -0.15) is 28.5 Å². The summed E-state index contributed by atoms with van der Waals surface area (Å²) in [5.74, 6) is 2.16. The van der Waals surface area contributed by atoms with Crippen LogP contribution in [0.15, 0.2) is 10.2 Å². The second kappa shape index (κ2) is 7.09. The molecule has 140 valence electrons. The Morgan fingerprint density at radius 3 is 2.65 bits per heavy atom. The number of nitrogens with one attached hydrogen (secondary N) is 1. The highest BCUT2D eigenvalue weighted by Gasteiger charge is 2.40. The van der Waals surface area contributed by atoms with Crippen molar-refractivity contribution in [3.05, 3.63) is 17.0 Å². The lowest BCUT2D eigenvalue weighted by molar-refractivity contribution is -0.142. The molecule has 0 saturated heterocycles. The number of nitrogens with zero attached hydrogens (tertiary/aromatic N) is 4. The van der Waals surface area contributed by atoms with Crippen LogP contribution in [0.1, 0.15) is 49.1 Å².